The van der Waals surface area contributed by atoms with E-state index in [4.69, 9.17) is 4.42 Å². The van der Waals surface area contributed by atoms with Crippen LogP contribution in [0.4, 0.5) is 34.1 Å². The molecule has 0 spiro atoms. The van der Waals surface area contributed by atoms with Crippen molar-refractivity contribution in [1.29, 1.82) is 0 Å². The number of nitrogens with zero attached hydrogens (tertiary/aromatic N) is 3. The standard InChI is InChI=1S/C69H78BN3O/c1-41-35-56-59-57(36-41)72(43-23-21-42(22-24-43)63(2,3)4)60-58-46-19-17-18-20-54(46)73(45-26-28-48-50(38-45)67(11,12)32-30-65(48,7)8)62(58)74-61(60)70(59)53-39-51-52(69(15,16)34-33-68(51,13)14)40-55(53)71(56)44-25-27-47-49(37-44)66(9,10)31-29-64(47,5)6/h17-28,35-40H,29-34H2,1-16H3. The van der Waals surface area contributed by atoms with Crippen LogP contribution in [0.5, 0.6) is 0 Å². The molecule has 13 rings (SSSR count). The number of rotatable bonds is 3. The molecule has 4 heterocycles. The fourth-order valence-corrected chi connectivity index (χ4v) is 14.7. The minimum atomic E-state index is -0.158. The van der Waals surface area contributed by atoms with Gasteiger partial charge in [0.25, 0.3) is 6.71 Å². The fourth-order valence-electron chi connectivity index (χ4n) is 14.7. The molecule has 2 aromatic heterocycles. The summed E-state index contributed by atoms with van der Waals surface area (Å²) in [5.74, 6) is 0. The molecule has 0 saturated heterocycles. The third-order valence-electron chi connectivity index (χ3n) is 19.8. The van der Waals surface area contributed by atoms with Crippen molar-refractivity contribution in [1.82, 2.24) is 4.57 Å². The molecule has 0 N–H and O–H groups in total. The third kappa shape index (κ3) is 6.72. The summed E-state index contributed by atoms with van der Waals surface area (Å²) in [5.41, 5.74) is 26.0. The van der Waals surface area contributed by atoms with Crippen molar-refractivity contribution in [2.45, 2.75) is 187 Å². The van der Waals surface area contributed by atoms with Crippen molar-refractivity contribution in [3.8, 4) is 5.69 Å². The molecule has 8 aromatic rings. The Kier molecular flexibility index (Phi) is 9.77. The van der Waals surface area contributed by atoms with Gasteiger partial charge in [-0.1, -0.05) is 152 Å². The predicted molar refractivity (Wildman–Crippen MR) is 316 cm³/mol. The molecule has 74 heavy (non-hydrogen) atoms. The van der Waals surface area contributed by atoms with Gasteiger partial charge in [0, 0.05) is 39.5 Å². The maximum absolute atomic E-state index is 7.97. The van der Waals surface area contributed by atoms with Gasteiger partial charge in [-0.3, -0.25) is 4.57 Å². The molecule has 0 unspecified atom stereocenters. The molecule has 4 nitrogen and oxygen atoms in total. The Hall–Kier alpha value is -5.94. The Morgan fingerprint density at radius 1 is 0.473 bits per heavy atom. The van der Waals surface area contributed by atoms with E-state index in [1.165, 1.54) is 114 Å². The molecule has 3 aliphatic carbocycles. The number of fused-ring (bicyclic) bond motifs is 11. The van der Waals surface area contributed by atoms with Crippen LogP contribution in [0.25, 0.3) is 27.7 Å². The second-order valence-electron chi connectivity index (χ2n) is 28.7. The van der Waals surface area contributed by atoms with E-state index in [1.54, 1.807) is 0 Å². The zero-order valence-electron chi connectivity index (χ0n) is 47.5. The summed E-state index contributed by atoms with van der Waals surface area (Å²) in [6.45, 7) is 38.6. The average molecular weight is 976 g/mol. The van der Waals surface area contributed by atoms with Gasteiger partial charge in [0.1, 0.15) is 5.66 Å². The number of aryl methyl sites for hydroxylation is 1. The zero-order valence-corrected chi connectivity index (χ0v) is 47.5. The monoisotopic (exact) mass is 976 g/mol. The van der Waals surface area contributed by atoms with E-state index < -0.39 is 0 Å². The van der Waals surface area contributed by atoms with Gasteiger partial charge >= 0.3 is 0 Å². The van der Waals surface area contributed by atoms with Gasteiger partial charge in [-0.05, 0) is 199 Å². The molecule has 5 heteroatoms. The van der Waals surface area contributed by atoms with E-state index in [2.05, 4.69) is 234 Å². The average Bonchev–Trinajstić information content (AvgIpc) is 3.91. The summed E-state index contributed by atoms with van der Waals surface area (Å²) in [6, 6.07) is 43.6. The van der Waals surface area contributed by atoms with Gasteiger partial charge in [-0.25, -0.2) is 0 Å². The van der Waals surface area contributed by atoms with Crippen LogP contribution in [0.3, 0.4) is 0 Å². The normalized spacial score (nSPS) is 20.1. The summed E-state index contributed by atoms with van der Waals surface area (Å²) in [7, 11) is 0. The number of aromatic nitrogens is 1. The third-order valence-corrected chi connectivity index (χ3v) is 19.8. The van der Waals surface area contributed by atoms with Crippen LogP contribution in [0.1, 0.15) is 187 Å². The topological polar surface area (TPSA) is 24.6 Å². The van der Waals surface area contributed by atoms with Crippen molar-refractivity contribution >= 4 is 79.4 Å². The van der Waals surface area contributed by atoms with Crippen molar-refractivity contribution < 1.29 is 4.42 Å². The Bertz CT molecular complexity index is 3690. The van der Waals surface area contributed by atoms with Gasteiger partial charge in [-0.2, -0.15) is 0 Å². The molecule has 0 amide bonds. The lowest BCUT2D eigenvalue weighted by molar-refractivity contribution is 0.332. The Balaban J connectivity index is 1.16. The summed E-state index contributed by atoms with van der Waals surface area (Å²) >= 11 is 0. The molecule has 0 saturated carbocycles. The summed E-state index contributed by atoms with van der Waals surface area (Å²) in [6.07, 6.45) is 7.01. The maximum Gasteiger partial charge on any atom is 0.297 e. The number of hydrogen-bond donors (Lipinski definition) is 0. The van der Waals surface area contributed by atoms with E-state index in [-0.39, 0.29) is 44.6 Å². The smallest absolute Gasteiger partial charge is 0.297 e. The number of benzene rings is 6. The molecule has 0 atom stereocenters. The lowest BCUT2D eigenvalue weighted by Gasteiger charge is -2.47. The molecule has 378 valence electrons. The molecule has 6 aromatic carbocycles. The first-order valence-electron chi connectivity index (χ1n) is 28.1. The molecular weight excluding hydrogens is 898 g/mol. The molecule has 0 bridgehead atoms. The van der Waals surface area contributed by atoms with Crippen molar-refractivity contribution in [3.05, 3.63) is 154 Å². The van der Waals surface area contributed by atoms with Crippen LogP contribution in [0.2, 0.25) is 0 Å². The summed E-state index contributed by atoms with van der Waals surface area (Å²) in [5, 5.41) is 2.38. The van der Waals surface area contributed by atoms with Gasteiger partial charge in [0.05, 0.1) is 16.6 Å². The minimum Gasteiger partial charge on any atom is -0.451 e. The number of anilines is 6. The lowest BCUT2D eigenvalue weighted by Crippen LogP contribution is -2.61. The molecule has 5 aliphatic rings. The Morgan fingerprint density at radius 3 is 1.51 bits per heavy atom. The van der Waals surface area contributed by atoms with Crippen LogP contribution in [-0.4, -0.2) is 11.3 Å². The second kappa shape index (κ2) is 15.1. The quantitative estimate of drug-likeness (QED) is 0.165. The Labute approximate surface area is 442 Å². The highest BCUT2D eigenvalue weighted by molar-refractivity contribution is 7.00. The largest absolute Gasteiger partial charge is 0.451 e. The van der Waals surface area contributed by atoms with Crippen LogP contribution in [0.15, 0.2) is 114 Å². The van der Waals surface area contributed by atoms with Crippen molar-refractivity contribution in [2.24, 2.45) is 0 Å². The van der Waals surface area contributed by atoms with Crippen LogP contribution >= 0.6 is 0 Å². The van der Waals surface area contributed by atoms with Gasteiger partial charge in [0.2, 0.25) is 5.71 Å². The SMILES string of the molecule is Cc1cc2c3c(c1)N(c1ccc(C(C)(C)C)cc1)c1c(oc4c1c1ccccc1n4-c1ccc4c(c1)C(C)(C)CCC4(C)C)B3c1cc3c(cc1N2c1ccc2c(c1)C(C)(C)CCC2(C)C)C(C)(C)CCC3(C)C. The number of para-hydroxylation sites is 1. The van der Waals surface area contributed by atoms with Crippen LogP contribution in [0, 0.1) is 6.92 Å². The number of hydrogen-bond acceptors (Lipinski definition) is 3. The molecule has 0 radical (unpaired) electrons. The fraction of sp³-hybridized carbons (Fsp3) is 0.420. The van der Waals surface area contributed by atoms with E-state index in [1.807, 2.05) is 0 Å². The highest BCUT2D eigenvalue weighted by atomic mass is 16.3. The van der Waals surface area contributed by atoms with Crippen molar-refractivity contribution in [3.63, 3.8) is 0 Å². The Morgan fingerprint density at radius 2 is 0.946 bits per heavy atom. The van der Waals surface area contributed by atoms with Gasteiger partial charge in [0.15, 0.2) is 0 Å². The highest BCUT2D eigenvalue weighted by Crippen LogP contribution is 2.55. The highest BCUT2D eigenvalue weighted by Gasteiger charge is 2.50. The molecular formula is C69H78BN3O. The van der Waals surface area contributed by atoms with Crippen LogP contribution in [-0.2, 0) is 37.9 Å². The van der Waals surface area contributed by atoms with E-state index in [0.717, 1.165) is 47.7 Å². The minimum absolute atomic E-state index is 0.0102. The van der Waals surface area contributed by atoms with E-state index in [9.17, 15) is 0 Å². The predicted octanol–water partition coefficient (Wildman–Crippen LogP) is 17.1. The van der Waals surface area contributed by atoms with Gasteiger partial charge < -0.3 is 14.2 Å². The zero-order chi connectivity index (χ0) is 52.2. The maximum atomic E-state index is 7.97. The van der Waals surface area contributed by atoms with E-state index in [0.29, 0.717) is 0 Å². The van der Waals surface area contributed by atoms with Crippen molar-refractivity contribution in [2.75, 3.05) is 9.80 Å². The number of furan rings is 1. The first kappa shape index (κ1) is 47.8. The first-order chi connectivity index (χ1) is 34.7. The summed E-state index contributed by atoms with van der Waals surface area (Å²) in [4.78, 5) is 5.27. The first-order valence-corrected chi connectivity index (χ1v) is 28.1. The van der Waals surface area contributed by atoms with E-state index >= 15 is 0 Å². The lowest BCUT2D eigenvalue weighted by atomic mass is 9.35. The van der Waals surface area contributed by atoms with Gasteiger partial charge in [-0.15, -0.1) is 0 Å². The van der Waals surface area contributed by atoms with Crippen LogP contribution < -0.4 is 26.4 Å². The molecule has 2 aliphatic heterocycles. The molecule has 0 fully saturated rings. The summed E-state index contributed by atoms with van der Waals surface area (Å²) < 4.78 is 10.4. The second-order valence-corrected chi connectivity index (χ2v) is 28.7.